The molecule has 8 nitrogen and oxygen atoms in total. The Kier molecular flexibility index (Phi) is 6.05. The summed E-state index contributed by atoms with van der Waals surface area (Å²) in [7, 11) is 0. The fourth-order valence-electron chi connectivity index (χ4n) is 2.01. The van der Waals surface area contributed by atoms with Crippen LogP contribution in [0.4, 0.5) is 5.69 Å². The monoisotopic (exact) mass is 343 g/mol. The summed E-state index contributed by atoms with van der Waals surface area (Å²) in [6, 6.07) is 14.8. The summed E-state index contributed by atoms with van der Waals surface area (Å²) < 4.78 is 5.31. The van der Waals surface area contributed by atoms with Crippen LogP contribution in [0.3, 0.4) is 0 Å². The third-order valence-electron chi connectivity index (χ3n) is 3.27. The zero-order valence-corrected chi connectivity index (χ0v) is 13.5. The van der Waals surface area contributed by atoms with E-state index in [2.05, 4.69) is 10.9 Å². The lowest BCUT2D eigenvalue weighted by molar-refractivity contribution is -0.386. The van der Waals surface area contributed by atoms with E-state index in [0.29, 0.717) is 0 Å². The molecule has 0 aliphatic heterocycles. The number of carbonyl (C=O) groups is 2. The molecule has 0 unspecified atom stereocenters. The number of nitrogens with one attached hydrogen (secondary N) is 2. The first-order valence-electron chi connectivity index (χ1n) is 7.50. The van der Waals surface area contributed by atoms with Crippen molar-refractivity contribution in [2.45, 2.75) is 19.4 Å². The van der Waals surface area contributed by atoms with Crippen molar-refractivity contribution in [3.63, 3.8) is 0 Å². The minimum Gasteiger partial charge on any atom is -0.474 e. The second kappa shape index (κ2) is 8.44. The topological polar surface area (TPSA) is 111 Å². The molecule has 0 heterocycles. The van der Waals surface area contributed by atoms with Crippen LogP contribution in [0, 0.1) is 10.1 Å². The number of benzene rings is 2. The minimum absolute atomic E-state index is 0.0224. The zero-order valence-electron chi connectivity index (χ0n) is 13.5. The molecule has 0 aliphatic carbocycles. The van der Waals surface area contributed by atoms with Crippen molar-refractivity contribution in [3.8, 4) is 5.75 Å². The van der Waals surface area contributed by atoms with Gasteiger partial charge in [-0.3, -0.25) is 30.6 Å². The number of rotatable bonds is 6. The summed E-state index contributed by atoms with van der Waals surface area (Å²) in [5.74, 6) is -1.04. The van der Waals surface area contributed by atoms with Gasteiger partial charge < -0.3 is 4.74 Å². The highest BCUT2D eigenvalue weighted by molar-refractivity contribution is 5.85. The molecule has 0 radical (unpaired) electrons. The predicted octanol–water partition coefficient (Wildman–Crippen LogP) is 1.75. The van der Waals surface area contributed by atoms with Crippen LogP contribution in [0.5, 0.6) is 5.75 Å². The Labute approximate surface area is 143 Å². The van der Waals surface area contributed by atoms with Gasteiger partial charge in [-0.05, 0) is 18.6 Å². The predicted molar refractivity (Wildman–Crippen MR) is 89.6 cm³/mol. The fraction of sp³-hybridized carbons (Fsp3) is 0.176. The summed E-state index contributed by atoms with van der Waals surface area (Å²) in [4.78, 5) is 34.1. The molecule has 2 N–H and O–H groups in total. The van der Waals surface area contributed by atoms with Crippen LogP contribution in [0.25, 0.3) is 0 Å². The van der Waals surface area contributed by atoms with E-state index >= 15 is 0 Å². The van der Waals surface area contributed by atoms with Gasteiger partial charge in [0.25, 0.3) is 5.91 Å². The average Bonchev–Trinajstić information content (AvgIpc) is 2.60. The van der Waals surface area contributed by atoms with Gasteiger partial charge in [0, 0.05) is 6.07 Å². The Bertz CT molecular complexity index is 764. The number of hydrogen-bond donors (Lipinski definition) is 2. The lowest BCUT2D eigenvalue weighted by Crippen LogP contribution is -2.47. The number of para-hydroxylation sites is 2. The molecule has 0 bridgehead atoms. The maximum absolute atomic E-state index is 12.0. The number of ether oxygens (including phenoxy) is 1. The van der Waals surface area contributed by atoms with Gasteiger partial charge in [0.05, 0.1) is 11.3 Å². The molecule has 0 saturated heterocycles. The highest BCUT2D eigenvalue weighted by atomic mass is 16.6. The summed E-state index contributed by atoms with van der Waals surface area (Å²) in [6.07, 6.45) is -0.918. The number of nitrogens with zero attached hydrogens (tertiary/aromatic N) is 1. The Morgan fingerprint density at radius 1 is 1.08 bits per heavy atom. The van der Waals surface area contributed by atoms with Crippen molar-refractivity contribution in [1.29, 1.82) is 0 Å². The van der Waals surface area contributed by atoms with Gasteiger partial charge >= 0.3 is 5.69 Å². The highest BCUT2D eigenvalue weighted by Gasteiger charge is 2.20. The number of nitro benzene ring substituents is 1. The molecule has 130 valence electrons. The Morgan fingerprint density at radius 2 is 1.72 bits per heavy atom. The highest BCUT2D eigenvalue weighted by Crippen LogP contribution is 2.26. The van der Waals surface area contributed by atoms with E-state index in [1.54, 1.807) is 18.2 Å². The number of nitro groups is 1. The molecule has 8 heteroatoms. The van der Waals surface area contributed by atoms with Gasteiger partial charge in [-0.1, -0.05) is 42.5 Å². The lowest BCUT2D eigenvalue weighted by Gasteiger charge is -2.15. The van der Waals surface area contributed by atoms with E-state index in [9.17, 15) is 19.7 Å². The quantitative estimate of drug-likeness (QED) is 0.613. The molecule has 2 aromatic rings. The molecule has 1 atom stereocenters. The first-order valence-corrected chi connectivity index (χ1v) is 7.50. The first-order chi connectivity index (χ1) is 12.0. The Morgan fingerprint density at radius 3 is 2.40 bits per heavy atom. The molecule has 0 saturated carbocycles. The minimum atomic E-state index is -1.03. The van der Waals surface area contributed by atoms with Crippen molar-refractivity contribution in [2.75, 3.05) is 0 Å². The van der Waals surface area contributed by atoms with Crippen molar-refractivity contribution < 1.29 is 19.2 Å². The molecule has 2 amide bonds. The standard InChI is InChI=1S/C17H17N3O5/c1-12(25-15-10-6-5-9-14(15)20(23)24)17(22)19-18-16(21)11-13-7-3-2-4-8-13/h2-10,12H,11H2,1H3,(H,18,21)(H,19,22)/t12-/m0/s1. The van der Waals surface area contributed by atoms with Crippen molar-refractivity contribution in [1.82, 2.24) is 10.9 Å². The number of hydrazine groups is 1. The number of amides is 2. The van der Waals surface area contributed by atoms with Gasteiger partial charge in [-0.25, -0.2) is 0 Å². The second-order valence-corrected chi connectivity index (χ2v) is 5.18. The Balaban J connectivity index is 1.86. The van der Waals surface area contributed by atoms with E-state index in [1.165, 1.54) is 25.1 Å². The van der Waals surface area contributed by atoms with Crippen LogP contribution >= 0.6 is 0 Å². The zero-order chi connectivity index (χ0) is 18.2. The second-order valence-electron chi connectivity index (χ2n) is 5.18. The molecule has 2 rings (SSSR count). The maximum atomic E-state index is 12.0. The van der Waals surface area contributed by atoms with Gasteiger partial charge in [0.1, 0.15) is 0 Å². The van der Waals surface area contributed by atoms with E-state index in [1.807, 2.05) is 18.2 Å². The number of hydrogen-bond acceptors (Lipinski definition) is 5. The lowest BCUT2D eigenvalue weighted by atomic mass is 10.1. The average molecular weight is 343 g/mol. The normalized spacial score (nSPS) is 11.2. The van der Waals surface area contributed by atoms with Crippen LogP contribution < -0.4 is 15.6 Å². The van der Waals surface area contributed by atoms with E-state index < -0.39 is 22.8 Å². The van der Waals surface area contributed by atoms with Crippen LogP contribution in [0.15, 0.2) is 54.6 Å². The number of carbonyl (C=O) groups excluding carboxylic acids is 2. The fourth-order valence-corrected chi connectivity index (χ4v) is 2.01. The molecule has 0 spiro atoms. The van der Waals surface area contributed by atoms with Gasteiger partial charge in [-0.2, -0.15) is 0 Å². The molecular weight excluding hydrogens is 326 g/mol. The summed E-state index contributed by atoms with van der Waals surface area (Å²) in [6.45, 7) is 1.43. The van der Waals surface area contributed by atoms with Crippen LogP contribution in [0.1, 0.15) is 12.5 Å². The van der Waals surface area contributed by atoms with Crippen molar-refractivity contribution in [2.24, 2.45) is 0 Å². The van der Waals surface area contributed by atoms with Gasteiger partial charge in [-0.15, -0.1) is 0 Å². The molecule has 25 heavy (non-hydrogen) atoms. The Hall–Kier alpha value is -3.42. The van der Waals surface area contributed by atoms with E-state index in [4.69, 9.17) is 4.74 Å². The largest absolute Gasteiger partial charge is 0.474 e. The van der Waals surface area contributed by atoms with E-state index in [-0.39, 0.29) is 17.9 Å². The smallest absolute Gasteiger partial charge is 0.310 e. The van der Waals surface area contributed by atoms with Gasteiger partial charge in [0.2, 0.25) is 5.91 Å². The summed E-state index contributed by atoms with van der Waals surface area (Å²) in [5, 5.41) is 10.9. The third kappa shape index (κ3) is 5.31. The van der Waals surface area contributed by atoms with Crippen molar-refractivity contribution >= 4 is 17.5 Å². The van der Waals surface area contributed by atoms with Crippen LogP contribution in [0.2, 0.25) is 0 Å². The molecule has 0 fully saturated rings. The molecule has 0 aliphatic rings. The van der Waals surface area contributed by atoms with E-state index in [0.717, 1.165) is 5.56 Å². The molecule has 0 aromatic heterocycles. The first kappa shape index (κ1) is 17.9. The van der Waals surface area contributed by atoms with Crippen LogP contribution in [-0.4, -0.2) is 22.8 Å². The summed E-state index contributed by atoms with van der Waals surface area (Å²) in [5.41, 5.74) is 5.08. The van der Waals surface area contributed by atoms with Gasteiger partial charge in [0.15, 0.2) is 11.9 Å². The summed E-state index contributed by atoms with van der Waals surface area (Å²) >= 11 is 0. The SMILES string of the molecule is C[C@H](Oc1ccccc1[N+](=O)[O-])C(=O)NNC(=O)Cc1ccccc1. The molecular formula is C17H17N3O5. The molecule has 2 aromatic carbocycles. The maximum Gasteiger partial charge on any atom is 0.310 e. The third-order valence-corrected chi connectivity index (χ3v) is 3.27. The van der Waals surface area contributed by atoms with Crippen molar-refractivity contribution in [3.05, 3.63) is 70.3 Å². The van der Waals surface area contributed by atoms with Crippen LogP contribution in [-0.2, 0) is 16.0 Å².